The van der Waals surface area contributed by atoms with Crippen LogP contribution in [0.3, 0.4) is 0 Å². The molecule has 0 amide bonds. The van der Waals surface area contributed by atoms with Gasteiger partial charge in [0.05, 0.1) is 17.2 Å². The summed E-state index contributed by atoms with van der Waals surface area (Å²) in [6.07, 6.45) is 0. The monoisotopic (exact) mass is 336 g/mol. The zero-order valence-electron chi connectivity index (χ0n) is 12.7. The highest BCUT2D eigenvalue weighted by Crippen LogP contribution is 2.31. The molecule has 0 aliphatic heterocycles. The minimum Gasteiger partial charge on any atom is -0.394 e. The first-order valence-corrected chi connectivity index (χ1v) is 7.86. The molecule has 0 aromatic heterocycles. The zero-order valence-corrected chi connectivity index (χ0v) is 14.2. The van der Waals surface area contributed by atoms with Gasteiger partial charge >= 0.3 is 0 Å². The summed E-state index contributed by atoms with van der Waals surface area (Å²) in [4.78, 5) is 2.26. The normalized spacial score (nSPS) is 14.5. The minimum atomic E-state index is -0.810. The van der Waals surface area contributed by atoms with Gasteiger partial charge in [-0.25, -0.2) is 4.39 Å². The third-order valence-corrected chi connectivity index (χ3v) is 4.36. The van der Waals surface area contributed by atoms with E-state index in [0.717, 1.165) is 19.6 Å². The second-order valence-electron chi connectivity index (χ2n) is 5.19. The topological polar surface area (TPSA) is 35.5 Å². The second-order valence-corrected chi connectivity index (χ2v) is 6.00. The van der Waals surface area contributed by atoms with Crippen LogP contribution >= 0.6 is 23.2 Å². The Bertz CT molecular complexity index is 469. The molecule has 21 heavy (non-hydrogen) atoms. The van der Waals surface area contributed by atoms with Crippen LogP contribution in [0, 0.1) is 5.82 Å². The van der Waals surface area contributed by atoms with Gasteiger partial charge in [0.2, 0.25) is 0 Å². The number of halogens is 3. The van der Waals surface area contributed by atoms with Crippen LogP contribution in [0.25, 0.3) is 0 Å². The van der Waals surface area contributed by atoms with Gasteiger partial charge < -0.3 is 15.3 Å². The van der Waals surface area contributed by atoms with E-state index in [1.165, 1.54) is 12.1 Å². The molecule has 1 aromatic carbocycles. The van der Waals surface area contributed by atoms with Gasteiger partial charge in [-0.15, -0.1) is 0 Å². The van der Waals surface area contributed by atoms with Crippen LogP contribution in [0.15, 0.2) is 12.1 Å². The molecule has 0 spiro atoms. The fraction of sp³-hybridized carbons (Fsp3) is 0.600. The number of aliphatic hydroxyl groups is 1. The highest BCUT2D eigenvalue weighted by molar-refractivity contribution is 6.35. The highest BCUT2D eigenvalue weighted by Gasteiger charge is 2.28. The van der Waals surface area contributed by atoms with Gasteiger partial charge in [-0.2, -0.15) is 0 Å². The third-order valence-electron chi connectivity index (χ3n) is 3.76. The molecule has 0 radical (unpaired) electrons. The van der Waals surface area contributed by atoms with Crippen molar-refractivity contribution in [2.45, 2.75) is 26.3 Å². The zero-order chi connectivity index (χ0) is 16.0. The van der Waals surface area contributed by atoms with Gasteiger partial charge in [0, 0.05) is 18.1 Å². The smallest absolute Gasteiger partial charge is 0.142 e. The molecular formula is C15H23Cl2FN2O. The van der Waals surface area contributed by atoms with Crippen molar-refractivity contribution < 1.29 is 9.50 Å². The van der Waals surface area contributed by atoms with E-state index in [0.29, 0.717) is 17.1 Å². The van der Waals surface area contributed by atoms with E-state index in [2.05, 4.69) is 24.1 Å². The summed E-state index contributed by atoms with van der Waals surface area (Å²) < 4.78 is 13.7. The maximum Gasteiger partial charge on any atom is 0.142 e. The van der Waals surface area contributed by atoms with Gasteiger partial charge in [0.25, 0.3) is 0 Å². The number of nitrogens with zero attached hydrogens (tertiary/aromatic N) is 1. The van der Waals surface area contributed by atoms with E-state index in [4.69, 9.17) is 23.2 Å². The van der Waals surface area contributed by atoms with E-state index in [9.17, 15) is 9.50 Å². The van der Waals surface area contributed by atoms with Crippen LogP contribution in [-0.2, 0) is 5.54 Å². The van der Waals surface area contributed by atoms with E-state index in [1.54, 1.807) is 6.92 Å². The molecule has 0 fully saturated rings. The number of hydrogen-bond donors (Lipinski definition) is 2. The fourth-order valence-electron chi connectivity index (χ4n) is 2.21. The molecule has 1 rings (SSSR count). The second kappa shape index (κ2) is 8.30. The molecule has 2 N–H and O–H groups in total. The quantitative estimate of drug-likeness (QED) is 0.715. The Morgan fingerprint density at radius 2 is 1.86 bits per heavy atom. The first-order valence-electron chi connectivity index (χ1n) is 7.11. The summed E-state index contributed by atoms with van der Waals surface area (Å²) in [6.45, 7) is 9.24. The van der Waals surface area contributed by atoms with Crippen molar-refractivity contribution in [3.8, 4) is 0 Å². The highest BCUT2D eigenvalue weighted by atomic mass is 35.5. The summed E-state index contributed by atoms with van der Waals surface area (Å²) in [7, 11) is 0. The van der Waals surface area contributed by atoms with Gasteiger partial charge in [-0.1, -0.05) is 37.0 Å². The molecule has 1 unspecified atom stereocenters. The largest absolute Gasteiger partial charge is 0.394 e. The Labute approximate surface area is 136 Å². The Hall–Kier alpha value is -0.390. The van der Waals surface area contributed by atoms with Crippen molar-refractivity contribution in [2.24, 2.45) is 0 Å². The predicted molar refractivity (Wildman–Crippen MR) is 86.6 cm³/mol. The van der Waals surface area contributed by atoms with Crippen LogP contribution in [0.4, 0.5) is 4.39 Å². The molecule has 3 nitrogen and oxygen atoms in total. The number of nitrogens with one attached hydrogen (secondary N) is 1. The lowest BCUT2D eigenvalue weighted by Gasteiger charge is -2.31. The average Bonchev–Trinajstić information content (AvgIpc) is 2.47. The lowest BCUT2D eigenvalue weighted by Crippen LogP contribution is -2.46. The number of benzene rings is 1. The fourth-order valence-corrected chi connectivity index (χ4v) is 2.80. The number of likely N-dealkylation sites (N-methyl/N-ethyl adjacent to an activating group) is 1. The van der Waals surface area contributed by atoms with E-state index >= 15 is 0 Å². The summed E-state index contributed by atoms with van der Waals surface area (Å²) >= 11 is 11.9. The number of rotatable bonds is 8. The maximum atomic E-state index is 13.7. The molecule has 120 valence electrons. The summed E-state index contributed by atoms with van der Waals surface area (Å²) in [5, 5.41) is 13.3. The summed E-state index contributed by atoms with van der Waals surface area (Å²) in [5.74, 6) is -0.540. The van der Waals surface area contributed by atoms with Crippen molar-refractivity contribution >= 4 is 23.2 Å². The SMILES string of the molecule is CCN(CC)CCNC(C)(CO)c1cc(F)c(Cl)cc1Cl. The Morgan fingerprint density at radius 1 is 1.24 bits per heavy atom. The number of aliphatic hydroxyl groups excluding tert-OH is 1. The van der Waals surface area contributed by atoms with Gasteiger partial charge in [0.1, 0.15) is 5.82 Å². The lowest BCUT2D eigenvalue weighted by atomic mass is 9.92. The van der Waals surface area contributed by atoms with Crippen molar-refractivity contribution in [2.75, 3.05) is 32.8 Å². The van der Waals surface area contributed by atoms with Crippen LogP contribution in [0.5, 0.6) is 0 Å². The molecule has 0 aliphatic rings. The van der Waals surface area contributed by atoms with Crippen molar-refractivity contribution in [1.29, 1.82) is 0 Å². The predicted octanol–water partition coefficient (Wildman–Crippen LogP) is 3.27. The van der Waals surface area contributed by atoms with Gasteiger partial charge in [-0.3, -0.25) is 0 Å². The van der Waals surface area contributed by atoms with Crippen molar-refractivity contribution in [3.63, 3.8) is 0 Å². The minimum absolute atomic E-state index is 0.0211. The number of hydrogen-bond acceptors (Lipinski definition) is 3. The summed E-state index contributed by atoms with van der Waals surface area (Å²) in [6, 6.07) is 2.65. The van der Waals surface area contributed by atoms with E-state index in [-0.39, 0.29) is 11.6 Å². The Balaban J connectivity index is 2.87. The van der Waals surface area contributed by atoms with Gasteiger partial charge in [-0.05, 0) is 37.7 Å². The van der Waals surface area contributed by atoms with Crippen LogP contribution in [0.1, 0.15) is 26.3 Å². The van der Waals surface area contributed by atoms with Crippen molar-refractivity contribution in [1.82, 2.24) is 10.2 Å². The Morgan fingerprint density at radius 3 is 2.38 bits per heavy atom. The first kappa shape index (κ1) is 18.7. The maximum absolute atomic E-state index is 13.7. The van der Waals surface area contributed by atoms with Crippen LogP contribution < -0.4 is 5.32 Å². The molecule has 0 aliphatic carbocycles. The molecule has 1 aromatic rings. The molecular weight excluding hydrogens is 314 g/mol. The lowest BCUT2D eigenvalue weighted by molar-refractivity contribution is 0.168. The first-order chi connectivity index (χ1) is 9.87. The van der Waals surface area contributed by atoms with Crippen LogP contribution in [0.2, 0.25) is 10.0 Å². The standard InChI is InChI=1S/C15H23Cl2FN2O/c1-4-20(5-2)7-6-19-15(3,10-21)11-8-14(18)13(17)9-12(11)16/h8-9,19,21H,4-7,10H2,1-3H3. The molecule has 0 saturated carbocycles. The molecule has 0 bridgehead atoms. The molecule has 1 atom stereocenters. The van der Waals surface area contributed by atoms with Crippen molar-refractivity contribution in [3.05, 3.63) is 33.6 Å². The van der Waals surface area contributed by atoms with Crippen LogP contribution in [-0.4, -0.2) is 42.8 Å². The average molecular weight is 337 g/mol. The molecule has 0 saturated heterocycles. The summed E-state index contributed by atoms with van der Waals surface area (Å²) in [5.41, 5.74) is -0.302. The third kappa shape index (κ3) is 4.80. The van der Waals surface area contributed by atoms with E-state index < -0.39 is 11.4 Å². The molecule has 6 heteroatoms. The van der Waals surface area contributed by atoms with E-state index in [1.807, 2.05) is 0 Å². The molecule has 0 heterocycles. The Kier molecular flexibility index (Phi) is 7.37. The van der Waals surface area contributed by atoms with Gasteiger partial charge in [0.15, 0.2) is 0 Å².